The van der Waals surface area contributed by atoms with Crippen LogP contribution in [0.25, 0.3) is 39.3 Å². The number of fused-ring (bicyclic) bond motifs is 2. The van der Waals surface area contributed by atoms with Gasteiger partial charge in [0.25, 0.3) is 0 Å². The minimum atomic E-state index is 0.738. The van der Waals surface area contributed by atoms with E-state index in [1.54, 1.807) is 7.11 Å². The molecule has 0 aliphatic carbocycles. The van der Waals surface area contributed by atoms with Crippen molar-refractivity contribution in [2.75, 3.05) is 7.11 Å². The second-order valence-corrected chi connectivity index (χ2v) is 10.3. The first-order valence-corrected chi connectivity index (χ1v) is 14.3. The third-order valence-corrected chi connectivity index (χ3v) is 7.57. The Morgan fingerprint density at radius 1 is 0.674 bits per heavy atom. The molecule has 3 heteroatoms. The number of hydrogen-bond acceptors (Lipinski definition) is 2. The zero-order valence-electron chi connectivity index (χ0n) is 23.7. The summed E-state index contributed by atoms with van der Waals surface area (Å²) in [5.74, 6) is 3.14. The van der Waals surface area contributed by atoms with Crippen molar-refractivity contribution in [2.24, 2.45) is 0 Å². The summed E-state index contributed by atoms with van der Waals surface area (Å²) in [6.07, 6.45) is 6.32. The molecule has 6 aromatic rings. The Labute approximate surface area is 251 Å². The summed E-state index contributed by atoms with van der Waals surface area (Å²) in [5, 5.41) is 1.06. The summed E-state index contributed by atoms with van der Waals surface area (Å²) in [5.41, 5.74) is 8.19. The summed E-state index contributed by atoms with van der Waals surface area (Å²) in [7, 11) is 1.68. The van der Waals surface area contributed by atoms with Gasteiger partial charge in [-0.05, 0) is 70.3 Å². The third-order valence-electron chi connectivity index (χ3n) is 7.57. The van der Waals surface area contributed by atoms with Gasteiger partial charge in [0.1, 0.15) is 17.3 Å². The first kappa shape index (κ1) is 26.2. The molecule has 43 heavy (non-hydrogen) atoms. The fraction of sp³-hybridized carbons (Fsp3) is 0.0250. The summed E-state index contributed by atoms with van der Waals surface area (Å²) in [6, 6.07) is 47.3. The molecule has 0 bridgehead atoms. The molecule has 0 N–H and O–H groups in total. The van der Waals surface area contributed by atoms with E-state index < -0.39 is 0 Å². The van der Waals surface area contributed by atoms with Crippen LogP contribution in [0.15, 0.2) is 162 Å². The van der Waals surface area contributed by atoms with Crippen LogP contribution in [0, 0.1) is 0 Å². The molecule has 3 nitrogen and oxygen atoms in total. The van der Waals surface area contributed by atoms with Gasteiger partial charge in [-0.1, -0.05) is 103 Å². The molecule has 206 valence electrons. The molecule has 0 fully saturated rings. The lowest BCUT2D eigenvalue weighted by Gasteiger charge is -2.19. The van der Waals surface area contributed by atoms with Crippen molar-refractivity contribution in [2.45, 2.75) is 0 Å². The lowest BCUT2D eigenvalue weighted by atomic mass is 9.94. The molecule has 0 saturated heterocycles. The van der Waals surface area contributed by atoms with Gasteiger partial charge in [0.05, 0.1) is 24.1 Å². The van der Waals surface area contributed by atoms with Crippen LogP contribution in [0.5, 0.6) is 11.5 Å². The highest BCUT2D eigenvalue weighted by atomic mass is 16.5. The molecule has 1 aliphatic heterocycles. The second-order valence-electron chi connectivity index (χ2n) is 10.3. The lowest BCUT2D eigenvalue weighted by Crippen LogP contribution is -2.03. The van der Waals surface area contributed by atoms with Crippen LogP contribution in [0.3, 0.4) is 0 Å². The number of methoxy groups -OCH3 is 1. The zero-order valence-corrected chi connectivity index (χ0v) is 23.7. The van der Waals surface area contributed by atoms with Gasteiger partial charge in [-0.15, -0.1) is 0 Å². The molecule has 1 aliphatic rings. The Morgan fingerprint density at radius 2 is 1.35 bits per heavy atom. The van der Waals surface area contributed by atoms with Crippen LogP contribution in [-0.4, -0.2) is 7.11 Å². The van der Waals surface area contributed by atoms with Crippen LogP contribution < -0.4 is 9.47 Å². The summed E-state index contributed by atoms with van der Waals surface area (Å²) >= 11 is 0. The Hall–Kier alpha value is -5.67. The molecule has 2 heterocycles. The molecule has 0 spiro atoms. The number of benzene rings is 5. The zero-order chi connectivity index (χ0) is 29.0. The quantitative estimate of drug-likeness (QED) is 0.191. The molecule has 0 unspecified atom stereocenters. The van der Waals surface area contributed by atoms with E-state index in [0.717, 1.165) is 73.0 Å². The van der Waals surface area contributed by atoms with Crippen LogP contribution in [0.2, 0.25) is 0 Å². The largest absolute Gasteiger partial charge is 0.497 e. The fourth-order valence-electron chi connectivity index (χ4n) is 5.42. The minimum absolute atomic E-state index is 0.738. The first-order chi connectivity index (χ1) is 21.2. The maximum atomic E-state index is 6.57. The number of para-hydroxylation sites is 2. The highest BCUT2D eigenvalue weighted by molar-refractivity contribution is 5.95. The summed E-state index contributed by atoms with van der Waals surface area (Å²) < 4.78 is 18.5. The van der Waals surface area contributed by atoms with Crippen molar-refractivity contribution in [3.8, 4) is 22.6 Å². The molecule has 0 saturated carbocycles. The van der Waals surface area contributed by atoms with Crippen LogP contribution in [0.1, 0.15) is 22.5 Å². The average Bonchev–Trinajstić information content (AvgIpc) is 3.08. The predicted octanol–water partition coefficient (Wildman–Crippen LogP) is 10.3. The highest BCUT2D eigenvalue weighted by Crippen LogP contribution is 2.39. The van der Waals surface area contributed by atoms with Crippen molar-refractivity contribution in [1.29, 1.82) is 0 Å². The van der Waals surface area contributed by atoms with Crippen LogP contribution in [-0.2, 0) is 0 Å². The second kappa shape index (κ2) is 11.7. The van der Waals surface area contributed by atoms with Gasteiger partial charge >= 0.3 is 11.3 Å². The van der Waals surface area contributed by atoms with E-state index in [-0.39, 0.29) is 0 Å². The van der Waals surface area contributed by atoms with Gasteiger partial charge in [0.15, 0.2) is 0 Å². The van der Waals surface area contributed by atoms with E-state index >= 15 is 0 Å². The number of ether oxygens (including phenoxy) is 2. The molecule has 0 amide bonds. The Kier molecular flexibility index (Phi) is 7.12. The monoisotopic (exact) mass is 557 g/mol. The molecule has 0 atom stereocenters. The van der Waals surface area contributed by atoms with Crippen LogP contribution >= 0.6 is 0 Å². The third kappa shape index (κ3) is 5.49. The Morgan fingerprint density at radius 3 is 2.14 bits per heavy atom. The lowest BCUT2D eigenvalue weighted by molar-refractivity contribution is 0.415. The number of allylic oxidation sites excluding steroid dienone is 3. The predicted molar refractivity (Wildman–Crippen MR) is 176 cm³/mol. The van der Waals surface area contributed by atoms with E-state index in [0.29, 0.717) is 0 Å². The standard InChI is InChI=1S/C40H29O3/c1-41-33-22-20-30(21-23-33)36(28-12-4-2-5-13-28)27-34-24-32(35-17-9-11-19-39(35)42-34)26-40-37(29-14-6-3-7-15-29)25-31-16-8-10-18-38(31)43-40/h2-27H,1H3/q+1. The topological polar surface area (TPSA) is 29.8 Å². The molecule has 1 aromatic heterocycles. The van der Waals surface area contributed by atoms with Crippen molar-refractivity contribution in [1.82, 2.24) is 0 Å². The van der Waals surface area contributed by atoms with Gasteiger partial charge in [0, 0.05) is 11.6 Å². The maximum Gasteiger partial charge on any atom is 0.362 e. The number of hydrogen-bond donors (Lipinski definition) is 0. The van der Waals surface area contributed by atoms with Gasteiger partial charge in [-0.2, -0.15) is 0 Å². The van der Waals surface area contributed by atoms with Gasteiger partial charge < -0.3 is 9.47 Å². The van der Waals surface area contributed by atoms with Gasteiger partial charge in [0.2, 0.25) is 0 Å². The normalized spacial score (nSPS) is 13.7. The van der Waals surface area contributed by atoms with Gasteiger partial charge in [-0.25, -0.2) is 4.42 Å². The summed E-state index contributed by atoms with van der Waals surface area (Å²) in [4.78, 5) is 0. The number of rotatable bonds is 6. The molecule has 7 rings (SSSR count). The van der Waals surface area contributed by atoms with Gasteiger partial charge in [-0.3, -0.25) is 0 Å². The Bertz CT molecular complexity index is 2000. The SMILES string of the molecule is COc1ccc(C(=CC2=CC(=Cc3[o+]c4ccccc4cc3-c3ccccc3)c3ccccc3O2)c2ccccc2)cc1. The van der Waals surface area contributed by atoms with Crippen molar-refractivity contribution >= 4 is 28.2 Å². The van der Waals surface area contributed by atoms with Crippen molar-refractivity contribution < 1.29 is 13.9 Å². The van der Waals surface area contributed by atoms with E-state index in [4.69, 9.17) is 13.9 Å². The first-order valence-electron chi connectivity index (χ1n) is 14.3. The van der Waals surface area contributed by atoms with Crippen LogP contribution in [0.4, 0.5) is 0 Å². The van der Waals surface area contributed by atoms with Crippen molar-refractivity contribution in [3.05, 3.63) is 180 Å². The van der Waals surface area contributed by atoms with Crippen molar-refractivity contribution in [3.63, 3.8) is 0 Å². The van der Waals surface area contributed by atoms with E-state index in [1.165, 1.54) is 0 Å². The summed E-state index contributed by atoms with van der Waals surface area (Å²) in [6.45, 7) is 0. The Balaban J connectivity index is 1.41. The molecular weight excluding hydrogens is 528 g/mol. The van der Waals surface area contributed by atoms with E-state index in [9.17, 15) is 0 Å². The fourth-order valence-corrected chi connectivity index (χ4v) is 5.42. The molecular formula is C40H29O3+. The van der Waals surface area contributed by atoms with E-state index in [2.05, 4.69) is 97.1 Å². The maximum absolute atomic E-state index is 6.57. The minimum Gasteiger partial charge on any atom is -0.497 e. The van der Waals surface area contributed by atoms with E-state index in [1.807, 2.05) is 60.7 Å². The molecule has 5 aromatic carbocycles. The average molecular weight is 558 g/mol. The molecule has 0 radical (unpaired) electrons. The smallest absolute Gasteiger partial charge is 0.362 e. The highest BCUT2D eigenvalue weighted by Gasteiger charge is 2.23.